The molecule has 0 amide bonds. The van der Waals surface area contributed by atoms with Crippen molar-refractivity contribution in [2.24, 2.45) is 0 Å². The van der Waals surface area contributed by atoms with Crippen molar-refractivity contribution in [2.45, 2.75) is 56.3 Å². The van der Waals surface area contributed by atoms with Crippen LogP contribution in [0.25, 0.3) is 0 Å². The normalized spacial score (nSPS) is 25.0. The Morgan fingerprint density at radius 3 is 2.87 bits per heavy atom. The molecule has 23 heavy (non-hydrogen) atoms. The Kier molecular flexibility index (Phi) is 5.19. The van der Waals surface area contributed by atoms with Crippen LogP contribution in [0, 0.1) is 5.82 Å². The monoisotopic (exact) mass is 322 g/mol. The molecule has 5 heteroatoms. The fourth-order valence-corrected chi connectivity index (χ4v) is 3.65. The fraction of sp³-hybridized carbons (Fsp3) is 0.667. The number of hydrogen-bond donors (Lipinski definition) is 3. The Morgan fingerprint density at radius 2 is 2.17 bits per heavy atom. The van der Waals surface area contributed by atoms with Crippen LogP contribution >= 0.6 is 0 Å². The summed E-state index contributed by atoms with van der Waals surface area (Å²) in [6.07, 6.45) is 4.73. The standard InChI is InChI=1S/C18H27FN2O2/c19-14-4-1-6-16(10-14)21-9-2-5-15(13-21)20-12-17(22)11-18(23)7-3-8-18/h1,4,6,10,15,17,20,22-23H,2-3,5,7-9,11-13H2. The van der Waals surface area contributed by atoms with E-state index in [0.717, 1.165) is 50.9 Å². The number of benzene rings is 1. The summed E-state index contributed by atoms with van der Waals surface area (Å²) in [5, 5.41) is 23.6. The highest BCUT2D eigenvalue weighted by atomic mass is 19.1. The zero-order chi connectivity index (χ0) is 16.3. The summed E-state index contributed by atoms with van der Waals surface area (Å²) in [6, 6.07) is 7.00. The molecule has 1 aromatic rings. The largest absolute Gasteiger partial charge is 0.392 e. The maximum Gasteiger partial charge on any atom is 0.125 e. The van der Waals surface area contributed by atoms with Crippen molar-refractivity contribution in [2.75, 3.05) is 24.5 Å². The highest BCUT2D eigenvalue weighted by Gasteiger charge is 2.36. The lowest BCUT2D eigenvalue weighted by Crippen LogP contribution is -2.49. The average molecular weight is 322 g/mol. The van der Waals surface area contributed by atoms with E-state index in [1.807, 2.05) is 6.07 Å². The lowest BCUT2D eigenvalue weighted by molar-refractivity contribution is -0.0681. The molecule has 2 unspecified atom stereocenters. The predicted molar refractivity (Wildman–Crippen MR) is 89.1 cm³/mol. The Morgan fingerprint density at radius 1 is 1.35 bits per heavy atom. The molecule has 1 aliphatic carbocycles. The van der Waals surface area contributed by atoms with Crippen LogP contribution in [0.5, 0.6) is 0 Å². The molecular weight excluding hydrogens is 295 g/mol. The van der Waals surface area contributed by atoms with Gasteiger partial charge in [0.2, 0.25) is 0 Å². The van der Waals surface area contributed by atoms with E-state index >= 15 is 0 Å². The van der Waals surface area contributed by atoms with Crippen LogP contribution in [0.4, 0.5) is 10.1 Å². The number of nitrogens with one attached hydrogen (secondary N) is 1. The van der Waals surface area contributed by atoms with Crippen LogP contribution in [-0.4, -0.2) is 47.6 Å². The van der Waals surface area contributed by atoms with E-state index in [-0.39, 0.29) is 11.9 Å². The average Bonchev–Trinajstić information content (AvgIpc) is 2.52. The summed E-state index contributed by atoms with van der Waals surface area (Å²) < 4.78 is 13.4. The Bertz CT molecular complexity index is 521. The topological polar surface area (TPSA) is 55.7 Å². The van der Waals surface area contributed by atoms with Gasteiger partial charge in [-0.25, -0.2) is 4.39 Å². The third kappa shape index (κ3) is 4.43. The first-order valence-corrected chi connectivity index (χ1v) is 8.68. The second-order valence-electron chi connectivity index (χ2n) is 7.11. The third-order valence-electron chi connectivity index (χ3n) is 5.14. The zero-order valence-corrected chi connectivity index (χ0v) is 13.5. The van der Waals surface area contributed by atoms with Gasteiger partial charge in [-0.05, 0) is 50.3 Å². The van der Waals surface area contributed by atoms with Crippen molar-refractivity contribution in [3.05, 3.63) is 30.1 Å². The lowest BCUT2D eigenvalue weighted by Gasteiger charge is -2.39. The van der Waals surface area contributed by atoms with Gasteiger partial charge in [-0.3, -0.25) is 0 Å². The van der Waals surface area contributed by atoms with Crippen molar-refractivity contribution >= 4 is 5.69 Å². The Labute approximate surface area is 137 Å². The number of nitrogens with zero attached hydrogens (tertiary/aromatic N) is 1. The molecule has 3 rings (SSSR count). The number of aliphatic hydroxyl groups is 2. The second kappa shape index (κ2) is 7.16. The van der Waals surface area contributed by atoms with E-state index < -0.39 is 11.7 Å². The van der Waals surface area contributed by atoms with Crippen molar-refractivity contribution in [3.8, 4) is 0 Å². The summed E-state index contributed by atoms with van der Waals surface area (Å²) in [6.45, 7) is 2.26. The van der Waals surface area contributed by atoms with Crippen LogP contribution in [-0.2, 0) is 0 Å². The SMILES string of the molecule is OC(CNC1CCCN(c2cccc(F)c2)C1)CC1(O)CCC1. The molecule has 1 heterocycles. The molecule has 2 aliphatic rings. The minimum atomic E-state index is -0.638. The molecule has 1 saturated carbocycles. The van der Waals surface area contributed by atoms with Gasteiger partial charge in [-0.1, -0.05) is 6.07 Å². The van der Waals surface area contributed by atoms with Crippen molar-refractivity contribution in [1.29, 1.82) is 0 Å². The van der Waals surface area contributed by atoms with Crippen molar-refractivity contribution in [3.63, 3.8) is 0 Å². The van der Waals surface area contributed by atoms with Gasteiger partial charge in [0.25, 0.3) is 0 Å². The fourth-order valence-electron chi connectivity index (χ4n) is 3.65. The third-order valence-corrected chi connectivity index (χ3v) is 5.14. The Balaban J connectivity index is 1.47. The van der Waals surface area contributed by atoms with E-state index in [1.165, 1.54) is 6.07 Å². The first-order chi connectivity index (χ1) is 11.0. The number of aliphatic hydroxyl groups excluding tert-OH is 1. The number of rotatable bonds is 6. The van der Waals surface area contributed by atoms with Crippen molar-refractivity contribution in [1.82, 2.24) is 5.32 Å². The van der Waals surface area contributed by atoms with Crippen LogP contribution in [0.1, 0.15) is 38.5 Å². The van der Waals surface area contributed by atoms with E-state index in [2.05, 4.69) is 10.2 Å². The second-order valence-corrected chi connectivity index (χ2v) is 7.11. The van der Waals surface area contributed by atoms with Crippen LogP contribution in [0.2, 0.25) is 0 Å². The smallest absolute Gasteiger partial charge is 0.125 e. The van der Waals surface area contributed by atoms with Crippen LogP contribution in [0.3, 0.4) is 0 Å². The van der Waals surface area contributed by atoms with Crippen LogP contribution < -0.4 is 10.2 Å². The first kappa shape index (κ1) is 16.7. The van der Waals surface area contributed by atoms with Gasteiger partial charge >= 0.3 is 0 Å². The number of anilines is 1. The van der Waals surface area contributed by atoms with E-state index in [9.17, 15) is 14.6 Å². The van der Waals surface area contributed by atoms with Crippen molar-refractivity contribution < 1.29 is 14.6 Å². The van der Waals surface area contributed by atoms with Crippen LogP contribution in [0.15, 0.2) is 24.3 Å². The molecule has 0 radical (unpaired) electrons. The molecule has 128 valence electrons. The summed E-state index contributed by atoms with van der Waals surface area (Å²) in [5.74, 6) is -0.207. The molecule has 1 saturated heterocycles. The summed E-state index contributed by atoms with van der Waals surface area (Å²) in [4.78, 5) is 2.19. The van der Waals surface area contributed by atoms with Gasteiger partial charge in [-0.2, -0.15) is 0 Å². The summed E-state index contributed by atoms with van der Waals surface area (Å²) in [7, 11) is 0. The number of piperidine rings is 1. The molecule has 0 spiro atoms. The molecule has 1 aromatic carbocycles. The first-order valence-electron chi connectivity index (χ1n) is 8.68. The van der Waals surface area contributed by atoms with E-state index in [0.29, 0.717) is 13.0 Å². The highest BCUT2D eigenvalue weighted by Crippen LogP contribution is 2.35. The van der Waals surface area contributed by atoms with Gasteiger partial charge in [-0.15, -0.1) is 0 Å². The minimum absolute atomic E-state index is 0.207. The van der Waals surface area contributed by atoms with Gasteiger partial charge in [0, 0.05) is 37.8 Å². The maximum absolute atomic E-state index is 13.4. The molecule has 2 atom stereocenters. The van der Waals surface area contributed by atoms with Gasteiger partial charge in [0.15, 0.2) is 0 Å². The minimum Gasteiger partial charge on any atom is -0.392 e. The molecular formula is C18H27FN2O2. The number of halogens is 1. The predicted octanol–water partition coefficient (Wildman–Crippen LogP) is 2.05. The van der Waals surface area contributed by atoms with Gasteiger partial charge in [0.1, 0.15) is 5.82 Å². The molecule has 4 nitrogen and oxygen atoms in total. The van der Waals surface area contributed by atoms with E-state index in [4.69, 9.17) is 0 Å². The Hall–Kier alpha value is -1.17. The van der Waals surface area contributed by atoms with E-state index in [1.54, 1.807) is 12.1 Å². The molecule has 3 N–H and O–H groups in total. The number of hydrogen-bond acceptors (Lipinski definition) is 4. The molecule has 1 aliphatic heterocycles. The van der Waals surface area contributed by atoms with Gasteiger partial charge < -0.3 is 20.4 Å². The molecule has 0 aromatic heterocycles. The molecule has 0 bridgehead atoms. The zero-order valence-electron chi connectivity index (χ0n) is 13.5. The van der Waals surface area contributed by atoms with Gasteiger partial charge in [0.05, 0.1) is 11.7 Å². The summed E-state index contributed by atoms with van der Waals surface area (Å²) >= 11 is 0. The quantitative estimate of drug-likeness (QED) is 0.750. The summed E-state index contributed by atoms with van der Waals surface area (Å²) in [5.41, 5.74) is 0.280. The highest BCUT2D eigenvalue weighted by molar-refractivity contribution is 5.47. The maximum atomic E-state index is 13.4. The lowest BCUT2D eigenvalue weighted by atomic mass is 9.76. The molecule has 2 fully saturated rings.